The van der Waals surface area contributed by atoms with Gasteiger partial charge in [-0.15, -0.1) is 11.3 Å². The number of hydrogen-bond donors (Lipinski definition) is 0. The number of fused-ring (bicyclic) bond motifs is 3. The summed E-state index contributed by atoms with van der Waals surface area (Å²) in [5, 5.41) is 4.36. The zero-order chi connectivity index (χ0) is 20.0. The lowest BCUT2D eigenvalue weighted by molar-refractivity contribution is 0.443. The summed E-state index contributed by atoms with van der Waals surface area (Å²) >= 11 is 1.96. The molecule has 1 aliphatic carbocycles. The average molecular weight is 416 g/mol. The van der Waals surface area contributed by atoms with Crippen LogP contribution in [0.5, 0.6) is 0 Å². The molecule has 1 fully saturated rings. The molecule has 0 unspecified atom stereocenters. The van der Waals surface area contributed by atoms with Gasteiger partial charge in [-0.25, -0.2) is 0 Å². The van der Waals surface area contributed by atoms with Crippen LogP contribution in [0.3, 0.4) is 0 Å². The van der Waals surface area contributed by atoms with Gasteiger partial charge >= 0.3 is 0 Å². The third-order valence-corrected chi connectivity index (χ3v) is 9.97. The quantitative estimate of drug-likeness (QED) is 0.312. The average Bonchev–Trinajstić information content (AvgIpc) is 3.12. The molecule has 0 atom stereocenters. The van der Waals surface area contributed by atoms with Crippen molar-refractivity contribution in [1.82, 2.24) is 4.98 Å². The van der Waals surface area contributed by atoms with Crippen LogP contribution in [0.25, 0.3) is 31.4 Å². The summed E-state index contributed by atoms with van der Waals surface area (Å²) in [7, 11) is -1.39. The van der Waals surface area contributed by atoms with E-state index in [1.165, 1.54) is 63.4 Å². The summed E-state index contributed by atoms with van der Waals surface area (Å²) in [4.78, 5) is 4.93. The molecule has 148 valence electrons. The van der Waals surface area contributed by atoms with Crippen LogP contribution in [0.4, 0.5) is 0 Å². The summed E-state index contributed by atoms with van der Waals surface area (Å²) < 4.78 is 2.86. The highest BCUT2D eigenvalue weighted by atomic mass is 32.1. The SMILES string of the molecule is C[Si](C)(C)c1cccc2c1sc1c(-c3ccc(C4CCCCC4)cn3)cccc12. The first-order valence-electron chi connectivity index (χ1n) is 10.9. The van der Waals surface area contributed by atoms with Gasteiger partial charge in [0.1, 0.15) is 0 Å². The van der Waals surface area contributed by atoms with E-state index in [0.29, 0.717) is 5.92 Å². The maximum absolute atomic E-state index is 4.93. The Labute approximate surface area is 178 Å². The Morgan fingerprint density at radius 3 is 2.24 bits per heavy atom. The predicted molar refractivity (Wildman–Crippen MR) is 131 cm³/mol. The highest BCUT2D eigenvalue weighted by Crippen LogP contribution is 2.40. The Morgan fingerprint density at radius 1 is 0.828 bits per heavy atom. The van der Waals surface area contributed by atoms with Crippen molar-refractivity contribution < 1.29 is 0 Å². The van der Waals surface area contributed by atoms with Crippen LogP contribution in [0.1, 0.15) is 43.6 Å². The topological polar surface area (TPSA) is 12.9 Å². The fourth-order valence-corrected chi connectivity index (χ4v) is 8.58. The van der Waals surface area contributed by atoms with E-state index in [0.717, 1.165) is 5.69 Å². The Morgan fingerprint density at radius 2 is 1.55 bits per heavy atom. The molecule has 1 nitrogen and oxygen atoms in total. The van der Waals surface area contributed by atoms with E-state index in [1.807, 2.05) is 11.3 Å². The fourth-order valence-electron chi connectivity index (χ4n) is 4.85. The van der Waals surface area contributed by atoms with Crippen molar-refractivity contribution >= 4 is 44.8 Å². The number of hydrogen-bond acceptors (Lipinski definition) is 2. The minimum atomic E-state index is -1.39. The van der Waals surface area contributed by atoms with E-state index >= 15 is 0 Å². The lowest BCUT2D eigenvalue weighted by Crippen LogP contribution is -2.37. The second-order valence-corrected chi connectivity index (χ2v) is 15.6. The van der Waals surface area contributed by atoms with E-state index in [4.69, 9.17) is 4.98 Å². The molecule has 0 saturated heterocycles. The van der Waals surface area contributed by atoms with Gasteiger partial charge in [0.05, 0.1) is 13.8 Å². The van der Waals surface area contributed by atoms with Crippen LogP contribution in [0.2, 0.25) is 19.6 Å². The van der Waals surface area contributed by atoms with Crippen molar-refractivity contribution in [1.29, 1.82) is 0 Å². The van der Waals surface area contributed by atoms with E-state index < -0.39 is 8.07 Å². The first-order valence-corrected chi connectivity index (χ1v) is 15.2. The van der Waals surface area contributed by atoms with Gasteiger partial charge in [-0.3, -0.25) is 4.98 Å². The fraction of sp³-hybridized carbons (Fsp3) is 0.346. The van der Waals surface area contributed by atoms with Crippen LogP contribution >= 0.6 is 11.3 Å². The number of nitrogens with zero attached hydrogens (tertiary/aromatic N) is 1. The summed E-state index contributed by atoms with van der Waals surface area (Å²) in [6.07, 6.45) is 8.93. The summed E-state index contributed by atoms with van der Waals surface area (Å²) in [6, 6.07) is 18.2. The van der Waals surface area contributed by atoms with Gasteiger partial charge in [0.25, 0.3) is 0 Å². The molecule has 0 radical (unpaired) electrons. The second-order valence-electron chi connectivity index (χ2n) is 9.53. The molecular weight excluding hydrogens is 386 g/mol. The molecular formula is C26H29NSSi. The van der Waals surface area contributed by atoms with Crippen LogP contribution < -0.4 is 5.19 Å². The molecule has 5 rings (SSSR count). The molecule has 4 aromatic rings. The number of benzene rings is 2. The van der Waals surface area contributed by atoms with E-state index in [9.17, 15) is 0 Å². The lowest BCUT2D eigenvalue weighted by Gasteiger charge is -2.21. The minimum Gasteiger partial charge on any atom is -0.256 e. The molecule has 0 N–H and O–H groups in total. The molecule has 0 amide bonds. The normalized spacial score (nSPS) is 16.0. The number of thiophene rings is 1. The molecule has 2 aromatic carbocycles. The third-order valence-electron chi connectivity index (χ3n) is 6.47. The molecule has 2 aromatic heterocycles. The van der Waals surface area contributed by atoms with E-state index in [1.54, 1.807) is 5.19 Å². The maximum Gasteiger partial charge on any atom is 0.0794 e. The predicted octanol–water partition coefficient (Wildman–Crippen LogP) is 7.71. The highest BCUT2D eigenvalue weighted by molar-refractivity contribution is 7.28. The van der Waals surface area contributed by atoms with Gasteiger partial charge in [0.15, 0.2) is 0 Å². The number of aromatic nitrogens is 1. The van der Waals surface area contributed by atoms with E-state index in [-0.39, 0.29) is 0 Å². The van der Waals surface area contributed by atoms with Crippen LogP contribution in [0, 0.1) is 0 Å². The zero-order valence-corrected chi connectivity index (χ0v) is 19.5. The summed E-state index contributed by atoms with van der Waals surface area (Å²) in [5.41, 5.74) is 3.81. The largest absolute Gasteiger partial charge is 0.256 e. The van der Waals surface area contributed by atoms with Crippen LogP contribution in [-0.4, -0.2) is 13.1 Å². The van der Waals surface area contributed by atoms with E-state index in [2.05, 4.69) is 74.4 Å². The number of rotatable bonds is 3. The van der Waals surface area contributed by atoms with Crippen molar-refractivity contribution in [3.05, 3.63) is 60.3 Å². The summed E-state index contributed by atoms with van der Waals surface area (Å²) in [6.45, 7) is 7.33. The van der Waals surface area contributed by atoms with Crippen molar-refractivity contribution in [2.75, 3.05) is 0 Å². The maximum atomic E-state index is 4.93. The zero-order valence-electron chi connectivity index (χ0n) is 17.7. The molecule has 1 saturated carbocycles. The van der Waals surface area contributed by atoms with Crippen molar-refractivity contribution in [2.45, 2.75) is 57.7 Å². The monoisotopic (exact) mass is 415 g/mol. The Hall–Kier alpha value is -1.97. The van der Waals surface area contributed by atoms with Gasteiger partial charge in [-0.2, -0.15) is 0 Å². The van der Waals surface area contributed by atoms with Crippen LogP contribution in [-0.2, 0) is 0 Å². The van der Waals surface area contributed by atoms with Gasteiger partial charge in [0, 0.05) is 31.9 Å². The molecule has 2 heterocycles. The van der Waals surface area contributed by atoms with Crippen molar-refractivity contribution in [3.63, 3.8) is 0 Å². The molecule has 0 aliphatic heterocycles. The number of pyridine rings is 1. The van der Waals surface area contributed by atoms with Gasteiger partial charge < -0.3 is 0 Å². The lowest BCUT2D eigenvalue weighted by atomic mass is 9.85. The molecule has 29 heavy (non-hydrogen) atoms. The standard InChI is InChI=1S/C26H29NSSi/c1-29(2,3)24-14-8-12-21-20-11-7-13-22(25(20)28-26(21)24)23-16-15-19(17-27-23)18-9-5-4-6-10-18/h7-8,11-18H,4-6,9-10H2,1-3H3. The smallest absolute Gasteiger partial charge is 0.0794 e. The molecule has 1 aliphatic rings. The Balaban J connectivity index is 1.62. The molecule has 0 spiro atoms. The first kappa shape index (κ1) is 19.0. The summed E-state index contributed by atoms with van der Waals surface area (Å²) in [5.74, 6) is 0.713. The Bertz CT molecular complexity index is 1160. The van der Waals surface area contributed by atoms with Gasteiger partial charge in [0.2, 0.25) is 0 Å². The Kier molecular flexibility index (Phi) is 4.83. The van der Waals surface area contributed by atoms with Crippen LogP contribution in [0.15, 0.2) is 54.7 Å². The minimum absolute atomic E-state index is 0.713. The molecule has 3 heteroatoms. The molecule has 0 bridgehead atoms. The third kappa shape index (κ3) is 3.45. The second kappa shape index (κ2) is 7.37. The van der Waals surface area contributed by atoms with Crippen molar-refractivity contribution in [3.8, 4) is 11.3 Å². The highest BCUT2D eigenvalue weighted by Gasteiger charge is 2.22. The first-order chi connectivity index (χ1) is 14.0. The van der Waals surface area contributed by atoms with Gasteiger partial charge in [-0.05, 0) is 35.6 Å². The van der Waals surface area contributed by atoms with Crippen molar-refractivity contribution in [2.24, 2.45) is 0 Å². The van der Waals surface area contributed by atoms with Gasteiger partial charge in [-0.1, -0.05) is 81.4 Å².